The Labute approximate surface area is 213 Å². The molecule has 0 aromatic heterocycles. The number of carbonyl (C=O) groups excluding carboxylic acids is 3. The van der Waals surface area contributed by atoms with E-state index >= 15 is 0 Å². The topological polar surface area (TPSA) is 171 Å². The Kier molecular flexibility index (Phi) is 10.4. The molecule has 3 amide bonds. The number of amides is 3. The first-order valence-corrected chi connectivity index (χ1v) is 12.7. The van der Waals surface area contributed by atoms with Crippen LogP contribution in [0.3, 0.4) is 0 Å². The molecule has 38 heavy (non-hydrogen) atoms. The van der Waals surface area contributed by atoms with E-state index in [0.717, 1.165) is 0 Å². The number of aliphatic hydroxyl groups excluding tert-OH is 1. The van der Waals surface area contributed by atoms with E-state index in [4.69, 9.17) is 0 Å². The molecule has 17 heteroatoms. The highest BCUT2D eigenvalue weighted by Crippen LogP contribution is 2.24. The third kappa shape index (κ3) is 7.73. The zero-order valence-corrected chi connectivity index (χ0v) is 20.9. The molecule has 1 heterocycles. The maximum Gasteiger partial charge on any atom is 0.408 e. The summed E-state index contributed by atoms with van der Waals surface area (Å²) < 4.78 is 104. The third-order valence-electron chi connectivity index (χ3n) is 5.64. The number of ether oxygens (including phenoxy) is 1. The molecule has 4 atom stereocenters. The van der Waals surface area contributed by atoms with Crippen molar-refractivity contribution in [3.8, 4) is 0 Å². The fourth-order valence-electron chi connectivity index (χ4n) is 3.72. The maximum absolute atomic E-state index is 13.8. The van der Waals surface area contributed by atoms with E-state index in [0.29, 0.717) is 0 Å². The maximum atomic E-state index is 13.8. The average Bonchev–Trinajstić information content (AvgIpc) is 3.23. The summed E-state index contributed by atoms with van der Waals surface area (Å²) in [4.78, 5) is 37.0. The second-order valence-electron chi connectivity index (χ2n) is 8.98. The van der Waals surface area contributed by atoms with Gasteiger partial charge in [-0.1, -0.05) is 13.8 Å². The lowest BCUT2D eigenvalue weighted by molar-refractivity contribution is -0.126. The molecular formula is C21H26F5N3O8S. The summed E-state index contributed by atoms with van der Waals surface area (Å²) in [7, 11) is -5.10. The largest absolute Gasteiger partial charge is 0.444 e. The molecule has 214 valence electrons. The number of rotatable bonds is 11. The lowest BCUT2D eigenvalue weighted by Gasteiger charge is -2.27. The Bertz CT molecular complexity index is 1150. The van der Waals surface area contributed by atoms with Crippen LogP contribution in [-0.4, -0.2) is 60.0 Å². The summed E-state index contributed by atoms with van der Waals surface area (Å²) in [5, 5.41) is 16.7. The van der Waals surface area contributed by atoms with E-state index in [1.807, 2.05) is 5.32 Å². The molecule has 1 aliphatic heterocycles. The highest BCUT2D eigenvalue weighted by Gasteiger charge is 2.38. The lowest BCUT2D eigenvalue weighted by atomic mass is 9.97. The van der Waals surface area contributed by atoms with Gasteiger partial charge in [0.05, 0.1) is 11.6 Å². The molecule has 0 bridgehead atoms. The number of halogens is 5. The summed E-state index contributed by atoms with van der Waals surface area (Å²) in [5.74, 6) is -14.0. The molecule has 0 radical (unpaired) electrons. The third-order valence-corrected chi connectivity index (χ3v) is 6.58. The summed E-state index contributed by atoms with van der Waals surface area (Å²) in [6, 6.07) is -3.19. The molecule has 1 aromatic carbocycles. The Morgan fingerprint density at radius 2 is 1.61 bits per heavy atom. The monoisotopic (exact) mass is 575 g/mol. The number of aliphatic hydroxyl groups is 1. The highest BCUT2D eigenvalue weighted by atomic mass is 32.2. The average molecular weight is 576 g/mol. The van der Waals surface area contributed by atoms with Crippen molar-refractivity contribution in [2.45, 2.75) is 57.2 Å². The predicted molar refractivity (Wildman–Crippen MR) is 118 cm³/mol. The molecule has 11 nitrogen and oxygen atoms in total. The summed E-state index contributed by atoms with van der Waals surface area (Å²) in [6.07, 6.45) is -1.77. The lowest BCUT2D eigenvalue weighted by Crippen LogP contribution is -2.55. The molecule has 0 aliphatic carbocycles. The fraction of sp³-hybridized carbons (Fsp3) is 0.571. The van der Waals surface area contributed by atoms with Gasteiger partial charge in [-0.15, -0.1) is 0 Å². The molecular weight excluding hydrogens is 549 g/mol. The zero-order chi connectivity index (χ0) is 28.9. The van der Waals surface area contributed by atoms with Gasteiger partial charge in [-0.2, -0.15) is 8.42 Å². The molecule has 1 aromatic rings. The van der Waals surface area contributed by atoms with Crippen LogP contribution in [0, 0.1) is 40.9 Å². The zero-order valence-electron chi connectivity index (χ0n) is 20.1. The summed E-state index contributed by atoms with van der Waals surface area (Å²) in [5.41, 5.74) is -3.96. The van der Waals surface area contributed by atoms with Gasteiger partial charge in [0.15, 0.2) is 23.3 Å². The quantitative estimate of drug-likeness (QED) is 0.114. The number of alkyl carbamates (subject to hydrolysis) is 1. The van der Waals surface area contributed by atoms with Crippen LogP contribution in [0.2, 0.25) is 0 Å². The van der Waals surface area contributed by atoms with Crippen LogP contribution >= 0.6 is 0 Å². The number of nitrogens with one attached hydrogen (secondary N) is 3. The number of hydrogen-bond donors (Lipinski definition) is 5. The van der Waals surface area contributed by atoms with Gasteiger partial charge in [-0.3, -0.25) is 14.1 Å². The number of hydrogen-bond acceptors (Lipinski definition) is 7. The van der Waals surface area contributed by atoms with Gasteiger partial charge < -0.3 is 25.8 Å². The molecule has 1 saturated heterocycles. The van der Waals surface area contributed by atoms with Crippen molar-refractivity contribution in [3.05, 3.63) is 34.6 Å². The minimum Gasteiger partial charge on any atom is -0.444 e. The molecule has 2 rings (SSSR count). The standard InChI is InChI=1S/C21H26F5N3O8S/c1-8(2)5-11(29-21(33)37-7-10-13(22)15(24)17(26)16(25)14(10)23)19(31)28-12(20(32)38(34,35)36)6-9-3-4-27-18(9)30/h8-9,11-12,20,32H,3-7H2,1-2H3,(H,27,30)(H,28,31)(H,29,33)(H,34,35,36). The van der Waals surface area contributed by atoms with E-state index in [1.54, 1.807) is 13.8 Å². The van der Waals surface area contributed by atoms with Gasteiger partial charge in [0.2, 0.25) is 23.1 Å². The Balaban J connectivity index is 2.17. The Morgan fingerprint density at radius 3 is 2.08 bits per heavy atom. The first kappa shape index (κ1) is 31.2. The van der Waals surface area contributed by atoms with Crippen molar-refractivity contribution in [2.24, 2.45) is 11.8 Å². The van der Waals surface area contributed by atoms with Gasteiger partial charge in [0.1, 0.15) is 12.6 Å². The SMILES string of the molecule is CC(C)CC(NC(=O)OCc1c(F)c(F)c(F)c(F)c1F)C(=O)NC(CC1CCNC1=O)C(O)S(=O)(=O)O. The van der Waals surface area contributed by atoms with Crippen molar-refractivity contribution in [1.82, 2.24) is 16.0 Å². The molecule has 1 aliphatic rings. The van der Waals surface area contributed by atoms with Crippen molar-refractivity contribution in [3.63, 3.8) is 0 Å². The Morgan fingerprint density at radius 1 is 1.05 bits per heavy atom. The van der Waals surface area contributed by atoms with Gasteiger partial charge in [-0.25, -0.2) is 26.7 Å². The van der Waals surface area contributed by atoms with Crippen LogP contribution in [0.15, 0.2) is 0 Å². The minimum atomic E-state index is -5.10. The van der Waals surface area contributed by atoms with Crippen LogP contribution in [0.4, 0.5) is 26.7 Å². The van der Waals surface area contributed by atoms with Crippen molar-refractivity contribution >= 4 is 28.0 Å². The molecule has 4 unspecified atom stereocenters. The van der Waals surface area contributed by atoms with E-state index < -0.39 is 99.1 Å². The van der Waals surface area contributed by atoms with E-state index in [-0.39, 0.29) is 25.3 Å². The normalized spacial score (nSPS) is 18.1. The molecule has 0 spiro atoms. The highest BCUT2D eigenvalue weighted by molar-refractivity contribution is 7.86. The number of carbonyl (C=O) groups is 3. The van der Waals surface area contributed by atoms with Gasteiger partial charge in [-0.05, 0) is 25.2 Å². The van der Waals surface area contributed by atoms with Gasteiger partial charge in [0, 0.05) is 12.5 Å². The van der Waals surface area contributed by atoms with E-state index in [1.165, 1.54) is 0 Å². The van der Waals surface area contributed by atoms with Crippen LogP contribution in [0.5, 0.6) is 0 Å². The van der Waals surface area contributed by atoms with Crippen LogP contribution < -0.4 is 16.0 Å². The Hall–Kier alpha value is -3.05. The molecule has 1 fully saturated rings. The van der Waals surface area contributed by atoms with Crippen LogP contribution in [-0.2, 0) is 31.1 Å². The molecule has 5 N–H and O–H groups in total. The first-order chi connectivity index (χ1) is 17.5. The first-order valence-electron chi connectivity index (χ1n) is 11.2. The second-order valence-corrected chi connectivity index (χ2v) is 10.5. The summed E-state index contributed by atoms with van der Waals surface area (Å²) >= 11 is 0. The predicted octanol–water partition coefficient (Wildman–Crippen LogP) is 1.24. The van der Waals surface area contributed by atoms with E-state index in [2.05, 4.69) is 15.4 Å². The van der Waals surface area contributed by atoms with Crippen LogP contribution in [0.1, 0.15) is 38.7 Å². The summed E-state index contributed by atoms with van der Waals surface area (Å²) in [6.45, 7) is 2.11. The van der Waals surface area contributed by atoms with E-state index in [9.17, 15) is 54.4 Å². The second kappa shape index (κ2) is 12.7. The van der Waals surface area contributed by atoms with Crippen molar-refractivity contribution < 1.29 is 59.1 Å². The minimum absolute atomic E-state index is 0.123. The van der Waals surface area contributed by atoms with Crippen molar-refractivity contribution in [1.29, 1.82) is 0 Å². The van der Waals surface area contributed by atoms with Crippen LogP contribution in [0.25, 0.3) is 0 Å². The molecule has 0 saturated carbocycles. The fourth-order valence-corrected chi connectivity index (χ4v) is 4.31. The van der Waals surface area contributed by atoms with Gasteiger partial charge >= 0.3 is 6.09 Å². The number of benzene rings is 1. The van der Waals surface area contributed by atoms with Crippen molar-refractivity contribution in [2.75, 3.05) is 6.54 Å². The van der Waals surface area contributed by atoms with Gasteiger partial charge in [0.25, 0.3) is 10.1 Å². The smallest absolute Gasteiger partial charge is 0.408 e.